The minimum absolute atomic E-state index is 0.109. The van der Waals surface area contributed by atoms with Crippen LogP contribution in [0.1, 0.15) is 6.92 Å². The molecule has 4 heterocycles. The second-order valence-electron chi connectivity index (χ2n) is 5.61. The summed E-state index contributed by atoms with van der Waals surface area (Å²) >= 11 is 0. The number of nitrogens with zero attached hydrogens (tertiary/aromatic N) is 3. The first-order valence-corrected chi connectivity index (χ1v) is 5.66. The highest BCUT2D eigenvalue weighted by Crippen LogP contribution is 2.47. The minimum Gasteiger partial charge on any atom is -0.374 e. The summed E-state index contributed by atoms with van der Waals surface area (Å²) in [5, 5.41) is 19.8. The third-order valence-electron chi connectivity index (χ3n) is 4.52. The first-order chi connectivity index (χ1) is 7.07. The summed E-state index contributed by atoms with van der Waals surface area (Å²) in [5.74, 6) is 0.109. The lowest BCUT2D eigenvalue weighted by Crippen LogP contribution is -2.69. The second-order valence-corrected chi connectivity index (χ2v) is 5.61. The van der Waals surface area contributed by atoms with E-state index in [1.54, 1.807) is 0 Å². The lowest BCUT2D eigenvalue weighted by atomic mass is 9.62. The lowest BCUT2D eigenvalue weighted by molar-refractivity contribution is -0.155. The van der Waals surface area contributed by atoms with E-state index in [9.17, 15) is 10.4 Å². The van der Waals surface area contributed by atoms with Crippen LogP contribution in [0.4, 0.5) is 0 Å². The summed E-state index contributed by atoms with van der Waals surface area (Å²) in [6.45, 7) is 7.74. The molecule has 0 aromatic heterocycles. The van der Waals surface area contributed by atoms with Gasteiger partial charge in [0.1, 0.15) is 0 Å². The molecule has 4 aliphatic rings. The van der Waals surface area contributed by atoms with Gasteiger partial charge in [0.25, 0.3) is 0 Å². The minimum atomic E-state index is -1.11. The van der Waals surface area contributed by atoms with Crippen molar-refractivity contribution in [3.05, 3.63) is 0 Å². The first-order valence-electron chi connectivity index (χ1n) is 5.66. The topological polar surface area (TPSA) is 50.5 Å². The summed E-state index contributed by atoms with van der Waals surface area (Å²) < 4.78 is 0. The molecule has 0 spiro atoms. The molecule has 0 amide bonds. The molecule has 4 rings (SSSR count). The summed E-state index contributed by atoms with van der Waals surface area (Å²) in [5.41, 5.74) is -1.37. The Morgan fingerprint density at radius 1 is 1.27 bits per heavy atom. The molecule has 4 saturated heterocycles. The van der Waals surface area contributed by atoms with Gasteiger partial charge in [0.15, 0.2) is 5.60 Å². The molecule has 0 aliphatic carbocycles. The predicted molar refractivity (Wildman–Crippen MR) is 55.0 cm³/mol. The van der Waals surface area contributed by atoms with Gasteiger partial charge in [0.2, 0.25) is 0 Å². The zero-order valence-corrected chi connectivity index (χ0v) is 9.11. The molecule has 4 heteroatoms. The van der Waals surface area contributed by atoms with Gasteiger partial charge in [-0.25, -0.2) is 0 Å². The van der Waals surface area contributed by atoms with Crippen LogP contribution in [-0.4, -0.2) is 59.8 Å². The molecule has 2 unspecified atom stereocenters. The first kappa shape index (κ1) is 9.59. The van der Waals surface area contributed by atoms with Crippen molar-refractivity contribution >= 4 is 0 Å². The molecule has 4 fully saturated rings. The van der Waals surface area contributed by atoms with Gasteiger partial charge in [-0.3, -0.25) is 0 Å². The number of hydrogen-bond acceptors (Lipinski definition) is 4. The molecule has 0 saturated carbocycles. The van der Waals surface area contributed by atoms with Gasteiger partial charge in [-0.2, -0.15) is 5.26 Å². The zero-order valence-electron chi connectivity index (χ0n) is 9.11. The normalized spacial score (nSPS) is 57.5. The van der Waals surface area contributed by atoms with Gasteiger partial charge in [-0.15, -0.1) is 0 Å². The van der Waals surface area contributed by atoms with Crippen molar-refractivity contribution in [3.63, 3.8) is 0 Å². The molecule has 0 aromatic carbocycles. The molecule has 4 nitrogen and oxygen atoms in total. The van der Waals surface area contributed by atoms with Crippen molar-refractivity contribution in [2.24, 2.45) is 11.3 Å². The highest BCUT2D eigenvalue weighted by Gasteiger charge is 2.61. The van der Waals surface area contributed by atoms with Crippen LogP contribution >= 0.6 is 0 Å². The van der Waals surface area contributed by atoms with E-state index >= 15 is 0 Å². The Hall–Kier alpha value is -0.630. The number of rotatable bonds is 0. The number of nitriles is 1. The SMILES string of the molecule is CC12CN3CCN(CC(C3)[C@@]1(O)C#N)C2. The summed E-state index contributed by atoms with van der Waals surface area (Å²) in [7, 11) is 0. The van der Waals surface area contributed by atoms with Gasteiger partial charge >= 0.3 is 0 Å². The van der Waals surface area contributed by atoms with Crippen molar-refractivity contribution in [2.45, 2.75) is 12.5 Å². The Bertz CT molecular complexity index is 321. The highest BCUT2D eigenvalue weighted by molar-refractivity contribution is 5.21. The average Bonchev–Trinajstić information content (AvgIpc) is 2.43. The second kappa shape index (κ2) is 2.73. The number of hydrogen-bond donors (Lipinski definition) is 1. The number of aliphatic hydroxyl groups is 1. The highest BCUT2D eigenvalue weighted by atomic mass is 16.3. The summed E-state index contributed by atoms with van der Waals surface area (Å²) in [6, 6.07) is 2.19. The Morgan fingerprint density at radius 3 is 2.20 bits per heavy atom. The van der Waals surface area contributed by atoms with E-state index in [1.165, 1.54) is 0 Å². The van der Waals surface area contributed by atoms with E-state index in [-0.39, 0.29) is 11.3 Å². The third-order valence-corrected chi connectivity index (χ3v) is 4.52. The lowest BCUT2D eigenvalue weighted by Gasteiger charge is -2.55. The predicted octanol–water partition coefficient (Wildman–Crippen LogP) is -0.492. The van der Waals surface area contributed by atoms with Crippen molar-refractivity contribution < 1.29 is 5.11 Å². The molecular formula is C11H17N3O. The largest absolute Gasteiger partial charge is 0.374 e. The van der Waals surface area contributed by atoms with Crippen LogP contribution < -0.4 is 0 Å². The van der Waals surface area contributed by atoms with Gasteiger partial charge in [0, 0.05) is 50.6 Å². The standard InChI is InChI=1S/C11H17N3O/c1-10-7-13-2-3-14(8-10)5-9(4-13)11(10,15)6-12/h9,15H,2-5,7-8H2,1H3/t9?,10?,11-/m0/s1. The van der Waals surface area contributed by atoms with Crippen molar-refractivity contribution in [1.82, 2.24) is 9.80 Å². The van der Waals surface area contributed by atoms with Gasteiger partial charge in [0.05, 0.1) is 6.07 Å². The number of fused-ring (bicyclic) bond motifs is 1. The molecule has 0 aromatic rings. The molecule has 0 radical (unpaired) electrons. The number of piperidine rings is 2. The Labute approximate surface area is 90.1 Å². The van der Waals surface area contributed by atoms with Crippen molar-refractivity contribution in [1.29, 1.82) is 5.26 Å². The fourth-order valence-electron chi connectivity index (χ4n) is 3.70. The smallest absolute Gasteiger partial charge is 0.164 e. The van der Waals surface area contributed by atoms with Gasteiger partial charge in [-0.1, -0.05) is 6.92 Å². The van der Waals surface area contributed by atoms with Crippen LogP contribution in [0.5, 0.6) is 0 Å². The van der Waals surface area contributed by atoms with E-state index in [2.05, 4.69) is 22.8 Å². The maximum Gasteiger partial charge on any atom is 0.164 e. The Morgan fingerprint density at radius 2 is 1.80 bits per heavy atom. The fraction of sp³-hybridized carbons (Fsp3) is 0.909. The summed E-state index contributed by atoms with van der Waals surface area (Å²) in [4.78, 5) is 4.81. The van der Waals surface area contributed by atoms with Gasteiger partial charge < -0.3 is 14.9 Å². The van der Waals surface area contributed by atoms with Crippen LogP contribution in [0.2, 0.25) is 0 Å². The van der Waals surface area contributed by atoms with E-state index in [1.807, 2.05) is 0 Å². The third kappa shape index (κ3) is 1.06. The van der Waals surface area contributed by atoms with Crippen LogP contribution in [0.25, 0.3) is 0 Å². The van der Waals surface area contributed by atoms with E-state index in [4.69, 9.17) is 0 Å². The maximum atomic E-state index is 10.6. The quantitative estimate of drug-likeness (QED) is 0.545. The van der Waals surface area contributed by atoms with Crippen LogP contribution in [-0.2, 0) is 0 Å². The monoisotopic (exact) mass is 207 g/mol. The Balaban J connectivity index is 2.07. The molecule has 4 aliphatic heterocycles. The molecule has 1 N–H and O–H groups in total. The van der Waals surface area contributed by atoms with Crippen molar-refractivity contribution in [3.8, 4) is 6.07 Å². The molecule has 3 atom stereocenters. The van der Waals surface area contributed by atoms with E-state index < -0.39 is 5.60 Å². The van der Waals surface area contributed by atoms with E-state index in [0.717, 1.165) is 39.3 Å². The maximum absolute atomic E-state index is 10.6. The van der Waals surface area contributed by atoms with E-state index in [0.29, 0.717) is 0 Å². The summed E-state index contributed by atoms with van der Waals surface area (Å²) in [6.07, 6.45) is 0. The van der Waals surface area contributed by atoms with Crippen LogP contribution in [0, 0.1) is 22.7 Å². The fourth-order valence-corrected chi connectivity index (χ4v) is 3.70. The molecule has 4 bridgehead atoms. The molecule has 82 valence electrons. The Kier molecular flexibility index (Phi) is 1.75. The van der Waals surface area contributed by atoms with Crippen LogP contribution in [0.15, 0.2) is 0 Å². The molecule has 15 heavy (non-hydrogen) atoms. The zero-order chi connectivity index (χ0) is 10.7. The average molecular weight is 207 g/mol. The van der Waals surface area contributed by atoms with Crippen LogP contribution in [0.3, 0.4) is 0 Å². The molecular weight excluding hydrogens is 190 g/mol. The van der Waals surface area contributed by atoms with Gasteiger partial charge in [-0.05, 0) is 0 Å². The van der Waals surface area contributed by atoms with Crippen molar-refractivity contribution in [2.75, 3.05) is 39.3 Å².